The molecule has 1 aliphatic rings. The lowest BCUT2D eigenvalue weighted by atomic mass is 9.98. The first-order valence-electron chi connectivity index (χ1n) is 9.94. The van der Waals surface area contributed by atoms with Gasteiger partial charge in [0.05, 0.1) is 6.04 Å². The number of ketones is 1. The summed E-state index contributed by atoms with van der Waals surface area (Å²) >= 11 is 0. The second-order valence-electron chi connectivity index (χ2n) is 7.52. The third kappa shape index (κ3) is 4.00. The van der Waals surface area contributed by atoms with Gasteiger partial charge in [0.25, 0.3) is 0 Å². The van der Waals surface area contributed by atoms with Gasteiger partial charge < -0.3 is 10.3 Å². The fourth-order valence-corrected chi connectivity index (χ4v) is 3.82. The van der Waals surface area contributed by atoms with E-state index in [2.05, 4.69) is 45.7 Å². The molecule has 3 aromatic rings. The van der Waals surface area contributed by atoms with Gasteiger partial charge in [0.15, 0.2) is 5.78 Å². The molecule has 4 rings (SSSR count). The Labute approximate surface area is 170 Å². The van der Waals surface area contributed by atoms with Crippen LogP contribution in [0.1, 0.15) is 36.2 Å². The number of carbonyl (C=O) groups is 2. The number of hydrogen-bond acceptors (Lipinski definition) is 3. The van der Waals surface area contributed by atoms with Crippen LogP contribution in [0.5, 0.6) is 0 Å². The average Bonchev–Trinajstić information content (AvgIpc) is 3.18. The van der Waals surface area contributed by atoms with E-state index in [-0.39, 0.29) is 17.7 Å². The molecule has 148 valence electrons. The van der Waals surface area contributed by atoms with E-state index < -0.39 is 0 Å². The molecule has 1 unspecified atom stereocenters. The van der Waals surface area contributed by atoms with Gasteiger partial charge >= 0.3 is 0 Å². The summed E-state index contributed by atoms with van der Waals surface area (Å²) in [6, 6.07) is 15.1. The van der Waals surface area contributed by atoms with Crippen LogP contribution in [0.15, 0.2) is 60.8 Å². The van der Waals surface area contributed by atoms with Crippen molar-refractivity contribution in [1.29, 1.82) is 0 Å². The second-order valence-corrected chi connectivity index (χ2v) is 7.52. The van der Waals surface area contributed by atoms with Crippen molar-refractivity contribution in [3.05, 3.63) is 71.9 Å². The van der Waals surface area contributed by atoms with Gasteiger partial charge in [-0.05, 0) is 56.2 Å². The second kappa shape index (κ2) is 8.05. The summed E-state index contributed by atoms with van der Waals surface area (Å²) in [5.74, 6) is -0.0214. The largest absolute Gasteiger partial charge is 0.361 e. The highest BCUT2D eigenvalue weighted by Gasteiger charge is 2.24. The molecule has 0 fully saturated rings. The van der Waals surface area contributed by atoms with Crippen molar-refractivity contribution >= 4 is 33.9 Å². The minimum atomic E-state index is -0.233. The summed E-state index contributed by atoms with van der Waals surface area (Å²) in [5, 5.41) is 4.19. The smallest absolute Gasteiger partial charge is 0.241 e. The minimum Gasteiger partial charge on any atom is -0.361 e. The van der Waals surface area contributed by atoms with Crippen LogP contribution in [0.3, 0.4) is 0 Å². The number of Topliss-reactive ketones (excluding diaryl/α,β-unsaturated/α-hetero) is 1. The number of hydrogen-bond donors (Lipinski definition) is 2. The molecule has 1 aliphatic heterocycles. The monoisotopic (exact) mass is 387 g/mol. The predicted molar refractivity (Wildman–Crippen MR) is 117 cm³/mol. The van der Waals surface area contributed by atoms with E-state index in [1.165, 1.54) is 23.4 Å². The van der Waals surface area contributed by atoms with Crippen molar-refractivity contribution in [1.82, 2.24) is 9.88 Å². The normalized spacial score (nSPS) is 15.7. The molecule has 2 aromatic carbocycles. The number of aromatic amines is 1. The standard InChI is InChI=1S/C24H25N3O2/c1-16(24(29)26-20-9-7-18(8-10-20)17(2)28)27-13-11-19(12-14-27)22-15-25-23-6-4-3-5-21(22)23/h3-11,15-16,25H,12-14H2,1-2H3,(H,26,29). The van der Waals surface area contributed by atoms with Gasteiger partial charge in [-0.25, -0.2) is 0 Å². The fourth-order valence-electron chi connectivity index (χ4n) is 3.82. The summed E-state index contributed by atoms with van der Waals surface area (Å²) in [6.07, 6.45) is 5.21. The highest BCUT2D eigenvalue weighted by Crippen LogP contribution is 2.29. The molecule has 29 heavy (non-hydrogen) atoms. The Kier molecular flexibility index (Phi) is 5.32. The molecule has 1 atom stereocenters. The number of amides is 1. The molecule has 0 aliphatic carbocycles. The topological polar surface area (TPSA) is 65.2 Å². The van der Waals surface area contributed by atoms with Crippen LogP contribution in [0.25, 0.3) is 16.5 Å². The third-order valence-electron chi connectivity index (χ3n) is 5.66. The molecule has 0 saturated heterocycles. The Balaban J connectivity index is 1.40. The number of fused-ring (bicyclic) bond motifs is 1. The number of nitrogens with zero attached hydrogens (tertiary/aromatic N) is 1. The van der Waals surface area contributed by atoms with E-state index in [0.29, 0.717) is 11.3 Å². The maximum absolute atomic E-state index is 12.7. The van der Waals surface area contributed by atoms with Gasteiger partial charge in [-0.15, -0.1) is 0 Å². The number of anilines is 1. The molecule has 5 heteroatoms. The summed E-state index contributed by atoms with van der Waals surface area (Å²) in [4.78, 5) is 29.6. The lowest BCUT2D eigenvalue weighted by Crippen LogP contribution is -2.44. The van der Waals surface area contributed by atoms with Gasteiger partial charge in [0, 0.05) is 47.0 Å². The summed E-state index contributed by atoms with van der Waals surface area (Å²) in [7, 11) is 0. The van der Waals surface area contributed by atoms with Crippen LogP contribution in [-0.4, -0.2) is 40.7 Å². The Morgan fingerprint density at radius 2 is 1.86 bits per heavy atom. The number of aromatic nitrogens is 1. The Hall–Kier alpha value is -3.18. The molecule has 0 saturated carbocycles. The van der Waals surface area contributed by atoms with E-state index >= 15 is 0 Å². The Morgan fingerprint density at radius 3 is 2.55 bits per heavy atom. The van der Waals surface area contributed by atoms with E-state index in [1.807, 2.05) is 13.0 Å². The van der Waals surface area contributed by atoms with Gasteiger partial charge in [0.1, 0.15) is 0 Å². The van der Waals surface area contributed by atoms with Crippen LogP contribution in [0.2, 0.25) is 0 Å². The lowest BCUT2D eigenvalue weighted by molar-refractivity contribution is -0.120. The zero-order valence-corrected chi connectivity index (χ0v) is 16.7. The zero-order chi connectivity index (χ0) is 20.4. The average molecular weight is 387 g/mol. The first kappa shape index (κ1) is 19.2. The Morgan fingerprint density at radius 1 is 1.10 bits per heavy atom. The van der Waals surface area contributed by atoms with Crippen molar-refractivity contribution in [2.75, 3.05) is 18.4 Å². The molecule has 2 N–H and O–H groups in total. The highest BCUT2D eigenvalue weighted by atomic mass is 16.2. The maximum atomic E-state index is 12.7. The SMILES string of the molecule is CC(=O)c1ccc(NC(=O)C(C)N2CC=C(c3c[nH]c4ccccc34)CC2)cc1. The number of rotatable bonds is 5. The van der Waals surface area contributed by atoms with Crippen molar-refractivity contribution < 1.29 is 9.59 Å². The Bertz CT molecular complexity index is 1080. The molecular formula is C24H25N3O2. The summed E-state index contributed by atoms with van der Waals surface area (Å²) in [6.45, 7) is 5.05. The molecule has 1 amide bonds. The highest BCUT2D eigenvalue weighted by molar-refractivity contribution is 5.97. The number of nitrogens with one attached hydrogen (secondary N) is 2. The minimum absolute atomic E-state index is 0.0161. The van der Waals surface area contributed by atoms with E-state index in [4.69, 9.17) is 0 Å². The first-order valence-corrected chi connectivity index (χ1v) is 9.94. The van der Waals surface area contributed by atoms with E-state index in [9.17, 15) is 9.59 Å². The van der Waals surface area contributed by atoms with Crippen LogP contribution < -0.4 is 5.32 Å². The van der Waals surface area contributed by atoms with Crippen LogP contribution in [-0.2, 0) is 4.79 Å². The van der Waals surface area contributed by atoms with Crippen molar-refractivity contribution in [2.24, 2.45) is 0 Å². The molecular weight excluding hydrogens is 362 g/mol. The molecule has 0 spiro atoms. The maximum Gasteiger partial charge on any atom is 0.241 e. The van der Waals surface area contributed by atoms with Gasteiger partial charge in [-0.1, -0.05) is 24.3 Å². The quantitative estimate of drug-likeness (QED) is 0.634. The molecule has 0 radical (unpaired) electrons. The zero-order valence-electron chi connectivity index (χ0n) is 16.7. The van der Waals surface area contributed by atoms with Crippen LogP contribution >= 0.6 is 0 Å². The molecule has 0 bridgehead atoms. The van der Waals surface area contributed by atoms with E-state index in [0.717, 1.165) is 25.0 Å². The third-order valence-corrected chi connectivity index (χ3v) is 5.66. The first-order chi connectivity index (χ1) is 14.0. The fraction of sp³-hybridized carbons (Fsp3) is 0.250. The molecule has 2 heterocycles. The summed E-state index contributed by atoms with van der Waals surface area (Å²) < 4.78 is 0. The lowest BCUT2D eigenvalue weighted by Gasteiger charge is -2.31. The number of H-pyrrole nitrogens is 1. The van der Waals surface area contributed by atoms with Gasteiger partial charge in [-0.3, -0.25) is 14.5 Å². The van der Waals surface area contributed by atoms with Crippen LogP contribution in [0, 0.1) is 0 Å². The predicted octanol–water partition coefficient (Wildman–Crippen LogP) is 4.49. The number of carbonyl (C=O) groups excluding carboxylic acids is 2. The van der Waals surface area contributed by atoms with Crippen molar-refractivity contribution in [2.45, 2.75) is 26.3 Å². The van der Waals surface area contributed by atoms with Crippen molar-refractivity contribution in [3.63, 3.8) is 0 Å². The van der Waals surface area contributed by atoms with Gasteiger partial charge in [-0.2, -0.15) is 0 Å². The van der Waals surface area contributed by atoms with Gasteiger partial charge in [0.2, 0.25) is 5.91 Å². The number of benzene rings is 2. The molecule has 1 aromatic heterocycles. The van der Waals surface area contributed by atoms with Crippen LogP contribution in [0.4, 0.5) is 5.69 Å². The molecule has 5 nitrogen and oxygen atoms in total. The van der Waals surface area contributed by atoms with E-state index in [1.54, 1.807) is 24.3 Å². The number of para-hydroxylation sites is 1. The van der Waals surface area contributed by atoms with Crippen molar-refractivity contribution in [3.8, 4) is 0 Å². The summed E-state index contributed by atoms with van der Waals surface area (Å²) in [5.41, 5.74) is 5.07.